The van der Waals surface area contributed by atoms with E-state index < -0.39 is 0 Å². The predicted octanol–water partition coefficient (Wildman–Crippen LogP) is 2.92. The number of morpholine rings is 1. The number of piperidine rings is 1. The molecule has 0 N–H and O–H groups in total. The molecule has 1 amide bonds. The zero-order valence-electron chi connectivity index (χ0n) is 18.6. The van der Waals surface area contributed by atoms with Gasteiger partial charge in [-0.25, -0.2) is 0 Å². The molecule has 1 aromatic heterocycles. The molecule has 2 fully saturated rings. The second-order valence-electron chi connectivity index (χ2n) is 8.75. The molecule has 0 radical (unpaired) electrons. The first-order valence-electron chi connectivity index (χ1n) is 11.2. The Hall–Kier alpha value is -2.45. The number of ether oxygens (including phenoxy) is 2. The zero-order chi connectivity index (χ0) is 21.8. The van der Waals surface area contributed by atoms with E-state index in [9.17, 15) is 4.79 Å². The van der Waals surface area contributed by atoms with E-state index in [4.69, 9.17) is 14.0 Å². The highest BCUT2D eigenvalue weighted by atomic mass is 16.5. The molecule has 2 unspecified atom stereocenters. The molecule has 0 aliphatic carbocycles. The zero-order valence-corrected chi connectivity index (χ0v) is 18.6. The Bertz CT molecular complexity index is 851. The number of likely N-dealkylation sites (tertiary alicyclic amines) is 1. The van der Waals surface area contributed by atoms with Crippen LogP contribution in [0.15, 0.2) is 28.8 Å². The molecule has 3 heterocycles. The molecule has 4 rings (SSSR count). The molecule has 8 nitrogen and oxygen atoms in total. The van der Waals surface area contributed by atoms with E-state index >= 15 is 0 Å². The van der Waals surface area contributed by atoms with Crippen LogP contribution in [0.5, 0.6) is 5.75 Å². The van der Waals surface area contributed by atoms with Gasteiger partial charge in [0.2, 0.25) is 11.7 Å². The van der Waals surface area contributed by atoms with Crippen molar-refractivity contribution in [2.75, 3.05) is 32.7 Å². The quantitative estimate of drug-likeness (QED) is 0.700. The van der Waals surface area contributed by atoms with Crippen molar-refractivity contribution in [3.63, 3.8) is 0 Å². The molecule has 2 atom stereocenters. The van der Waals surface area contributed by atoms with Gasteiger partial charge in [0.1, 0.15) is 5.75 Å². The molecule has 8 heteroatoms. The smallest absolute Gasteiger partial charge is 0.253 e. The van der Waals surface area contributed by atoms with Gasteiger partial charge in [0.05, 0.1) is 12.2 Å². The van der Waals surface area contributed by atoms with Gasteiger partial charge in [0, 0.05) is 45.2 Å². The molecule has 0 bridgehead atoms. The highest BCUT2D eigenvalue weighted by molar-refractivity contribution is 5.94. The van der Waals surface area contributed by atoms with Crippen LogP contribution in [0.1, 0.15) is 48.8 Å². The summed E-state index contributed by atoms with van der Waals surface area (Å²) >= 11 is 0. The summed E-state index contributed by atoms with van der Waals surface area (Å²) in [7, 11) is 0. The lowest BCUT2D eigenvalue weighted by Gasteiger charge is -2.39. The fourth-order valence-corrected chi connectivity index (χ4v) is 4.54. The number of benzene rings is 1. The second kappa shape index (κ2) is 9.78. The van der Waals surface area contributed by atoms with E-state index in [0.717, 1.165) is 45.6 Å². The van der Waals surface area contributed by atoms with Crippen LogP contribution in [0.25, 0.3) is 0 Å². The highest BCUT2D eigenvalue weighted by Crippen LogP contribution is 2.23. The van der Waals surface area contributed by atoms with E-state index in [1.807, 2.05) is 29.2 Å². The van der Waals surface area contributed by atoms with Gasteiger partial charge in [-0.15, -0.1) is 0 Å². The van der Waals surface area contributed by atoms with Crippen LogP contribution in [-0.4, -0.2) is 70.8 Å². The molecule has 2 saturated heterocycles. The lowest BCUT2D eigenvalue weighted by atomic mass is 9.95. The van der Waals surface area contributed by atoms with Gasteiger partial charge < -0.3 is 18.9 Å². The number of hydrogen-bond acceptors (Lipinski definition) is 7. The summed E-state index contributed by atoms with van der Waals surface area (Å²) in [5.41, 5.74) is 0.692. The molecular formula is C23H32N4O4. The van der Waals surface area contributed by atoms with Gasteiger partial charge >= 0.3 is 0 Å². The molecule has 0 spiro atoms. The van der Waals surface area contributed by atoms with E-state index in [2.05, 4.69) is 28.9 Å². The summed E-state index contributed by atoms with van der Waals surface area (Å²) in [5, 5.41) is 3.81. The number of carbonyl (C=O) groups is 1. The summed E-state index contributed by atoms with van der Waals surface area (Å²) in [4.78, 5) is 21.5. The average Bonchev–Trinajstić information content (AvgIpc) is 3.17. The summed E-state index contributed by atoms with van der Waals surface area (Å²) in [6, 6.07) is 7.27. The number of aryl methyl sites for hydroxylation is 1. The van der Waals surface area contributed by atoms with Gasteiger partial charge in [0.25, 0.3) is 5.91 Å². The van der Waals surface area contributed by atoms with Crippen LogP contribution in [0.4, 0.5) is 0 Å². The van der Waals surface area contributed by atoms with Crippen molar-refractivity contribution in [3.05, 3.63) is 41.5 Å². The topological polar surface area (TPSA) is 80.9 Å². The van der Waals surface area contributed by atoms with Crippen LogP contribution in [0.3, 0.4) is 0 Å². The van der Waals surface area contributed by atoms with Crippen molar-refractivity contribution in [2.45, 2.75) is 52.4 Å². The molecule has 31 heavy (non-hydrogen) atoms. The van der Waals surface area contributed by atoms with Gasteiger partial charge in [-0.1, -0.05) is 5.16 Å². The number of nitrogens with zero attached hydrogens (tertiary/aromatic N) is 4. The van der Waals surface area contributed by atoms with Crippen LogP contribution in [0, 0.1) is 12.8 Å². The van der Waals surface area contributed by atoms with Crippen molar-refractivity contribution in [1.82, 2.24) is 19.9 Å². The van der Waals surface area contributed by atoms with E-state index in [0.29, 0.717) is 41.2 Å². The predicted molar refractivity (Wildman–Crippen MR) is 115 cm³/mol. The van der Waals surface area contributed by atoms with Crippen LogP contribution in [0.2, 0.25) is 0 Å². The summed E-state index contributed by atoms with van der Waals surface area (Å²) in [6.07, 6.45) is 2.70. The molecule has 2 aliphatic rings. The Morgan fingerprint density at radius 3 is 2.42 bits per heavy atom. The Morgan fingerprint density at radius 2 is 1.81 bits per heavy atom. The minimum Gasteiger partial charge on any atom is -0.485 e. The molecule has 168 valence electrons. The third-order valence-electron chi connectivity index (χ3n) is 5.95. The first kappa shape index (κ1) is 21.8. The second-order valence-corrected chi connectivity index (χ2v) is 8.75. The standard InChI is InChI=1S/C23H32N4O4/c1-16-12-26(13-17(2)30-16)14-19-8-10-27(11-9-19)23(28)20-4-6-21(7-5-20)29-15-22-24-18(3)31-25-22/h4-7,16-17,19H,8-15H2,1-3H3. The van der Waals surface area contributed by atoms with E-state index in [1.165, 1.54) is 0 Å². The van der Waals surface area contributed by atoms with Crippen molar-refractivity contribution < 1.29 is 18.8 Å². The Labute approximate surface area is 183 Å². The Kier molecular flexibility index (Phi) is 6.87. The third kappa shape index (κ3) is 5.83. The van der Waals surface area contributed by atoms with Crippen LogP contribution < -0.4 is 4.74 Å². The number of carbonyl (C=O) groups excluding carboxylic acids is 1. The first-order valence-corrected chi connectivity index (χ1v) is 11.2. The lowest BCUT2D eigenvalue weighted by molar-refractivity contribution is -0.0728. The van der Waals surface area contributed by atoms with Gasteiger partial charge in [-0.05, 0) is 56.9 Å². The number of rotatable bonds is 6. The molecule has 2 aromatic rings. The third-order valence-corrected chi connectivity index (χ3v) is 5.95. The molecule has 1 aromatic carbocycles. The fourth-order valence-electron chi connectivity index (χ4n) is 4.54. The van der Waals surface area contributed by atoms with E-state index in [1.54, 1.807) is 6.92 Å². The summed E-state index contributed by atoms with van der Waals surface area (Å²) in [5.74, 6) is 2.42. The summed E-state index contributed by atoms with van der Waals surface area (Å²) < 4.78 is 16.4. The Balaban J connectivity index is 1.23. The first-order chi connectivity index (χ1) is 15.0. The SMILES string of the molecule is Cc1nc(COc2ccc(C(=O)N3CCC(CN4CC(C)OC(C)C4)CC3)cc2)no1. The maximum absolute atomic E-state index is 12.9. The summed E-state index contributed by atoms with van der Waals surface area (Å²) in [6.45, 7) is 11.0. The van der Waals surface area contributed by atoms with Crippen molar-refractivity contribution in [2.24, 2.45) is 5.92 Å². The molecular weight excluding hydrogens is 396 g/mol. The van der Waals surface area contributed by atoms with Crippen molar-refractivity contribution >= 4 is 5.91 Å². The monoisotopic (exact) mass is 428 g/mol. The molecule has 2 aliphatic heterocycles. The average molecular weight is 429 g/mol. The van der Waals surface area contributed by atoms with Crippen LogP contribution >= 0.6 is 0 Å². The maximum Gasteiger partial charge on any atom is 0.253 e. The van der Waals surface area contributed by atoms with Gasteiger partial charge in [-0.3, -0.25) is 9.69 Å². The van der Waals surface area contributed by atoms with Gasteiger partial charge in [0.15, 0.2) is 6.61 Å². The van der Waals surface area contributed by atoms with Crippen molar-refractivity contribution in [1.29, 1.82) is 0 Å². The number of hydrogen-bond donors (Lipinski definition) is 0. The molecule has 0 saturated carbocycles. The largest absolute Gasteiger partial charge is 0.485 e. The van der Waals surface area contributed by atoms with Crippen molar-refractivity contribution in [3.8, 4) is 5.75 Å². The van der Waals surface area contributed by atoms with Crippen LogP contribution in [-0.2, 0) is 11.3 Å². The minimum atomic E-state index is 0.0902. The highest BCUT2D eigenvalue weighted by Gasteiger charge is 2.28. The Morgan fingerprint density at radius 1 is 1.13 bits per heavy atom. The normalized spacial score (nSPS) is 23.1. The fraction of sp³-hybridized carbons (Fsp3) is 0.609. The van der Waals surface area contributed by atoms with E-state index in [-0.39, 0.29) is 12.5 Å². The maximum atomic E-state index is 12.9. The lowest BCUT2D eigenvalue weighted by Crippen LogP contribution is -2.48. The number of amides is 1. The minimum absolute atomic E-state index is 0.0902. The van der Waals surface area contributed by atoms with Gasteiger partial charge in [-0.2, -0.15) is 4.98 Å². The number of aromatic nitrogens is 2.